The van der Waals surface area contributed by atoms with Gasteiger partial charge < -0.3 is 14.5 Å². The highest BCUT2D eigenvalue weighted by Crippen LogP contribution is 2.33. The normalized spacial score (nSPS) is 10.8. The number of methoxy groups -OCH3 is 1. The third-order valence-electron chi connectivity index (χ3n) is 4.72. The second-order valence-electron chi connectivity index (χ2n) is 7.04. The number of anilines is 1. The number of aryl methyl sites for hydroxylation is 1. The van der Waals surface area contributed by atoms with Gasteiger partial charge in [-0.3, -0.25) is 10.1 Å². The Morgan fingerprint density at radius 1 is 1.12 bits per heavy atom. The molecule has 0 unspecified atom stereocenters. The van der Waals surface area contributed by atoms with Gasteiger partial charge in [0.05, 0.1) is 23.3 Å². The summed E-state index contributed by atoms with van der Waals surface area (Å²) in [6.07, 6.45) is 0. The van der Waals surface area contributed by atoms with Crippen molar-refractivity contribution in [2.75, 3.05) is 12.4 Å². The zero-order valence-corrected chi connectivity index (χ0v) is 22.1. The van der Waals surface area contributed by atoms with Crippen molar-refractivity contribution in [2.24, 2.45) is 0 Å². The first kappa shape index (κ1) is 23.7. The molecule has 0 aliphatic rings. The molecule has 4 aromatic rings. The molecule has 0 radical (unpaired) electrons. The lowest BCUT2D eigenvalue weighted by molar-refractivity contribution is 0.0974. The van der Waals surface area contributed by atoms with Gasteiger partial charge in [-0.1, -0.05) is 43.5 Å². The predicted octanol–water partition coefficient (Wildman–Crippen LogP) is 7.12. The minimum absolute atomic E-state index is 0.137. The van der Waals surface area contributed by atoms with E-state index in [1.165, 1.54) is 7.11 Å². The Hall–Kier alpha value is -2.46. The molecule has 1 heterocycles. The van der Waals surface area contributed by atoms with Gasteiger partial charge in [-0.25, -0.2) is 4.98 Å². The number of carbonyl (C=O) groups is 1. The van der Waals surface area contributed by atoms with Crippen LogP contribution >= 0.6 is 55.7 Å². The average Bonchev–Trinajstić information content (AvgIpc) is 3.18. The standard InChI is InChI=1S/C23H16Br2ClN3O3S/c1-11-7-13(25)9-16(20(11)31-2)21(30)29-23(33)27-14-4-6-19-18(10-14)28-22(32-19)15-8-12(24)3-5-17(15)26/h3-10H,1-2H3,(H2,27,29,30,33). The number of nitrogens with zero attached hydrogens (tertiary/aromatic N) is 1. The van der Waals surface area contributed by atoms with Crippen LogP contribution in [0.5, 0.6) is 5.75 Å². The van der Waals surface area contributed by atoms with Gasteiger partial charge in [0, 0.05) is 14.6 Å². The quantitative estimate of drug-likeness (QED) is 0.240. The first-order valence-electron chi connectivity index (χ1n) is 9.57. The molecule has 168 valence electrons. The van der Waals surface area contributed by atoms with Gasteiger partial charge in [-0.15, -0.1) is 0 Å². The van der Waals surface area contributed by atoms with Crippen LogP contribution < -0.4 is 15.4 Å². The van der Waals surface area contributed by atoms with E-state index in [9.17, 15) is 4.79 Å². The number of rotatable bonds is 4. The molecule has 0 aliphatic carbocycles. The van der Waals surface area contributed by atoms with Crippen molar-refractivity contribution in [3.8, 4) is 17.2 Å². The number of amides is 1. The number of fused-ring (bicyclic) bond motifs is 1. The van der Waals surface area contributed by atoms with Gasteiger partial charge in [-0.05, 0) is 73.2 Å². The van der Waals surface area contributed by atoms with Crippen molar-refractivity contribution in [1.82, 2.24) is 10.3 Å². The second-order valence-corrected chi connectivity index (χ2v) is 9.68. The molecule has 4 rings (SSSR count). The molecule has 2 N–H and O–H groups in total. The zero-order valence-electron chi connectivity index (χ0n) is 17.3. The van der Waals surface area contributed by atoms with Gasteiger partial charge >= 0.3 is 0 Å². The van der Waals surface area contributed by atoms with Crippen LogP contribution in [0.4, 0.5) is 5.69 Å². The Balaban J connectivity index is 1.53. The number of halogens is 3. The third-order valence-corrected chi connectivity index (χ3v) is 6.20. The van der Waals surface area contributed by atoms with Gasteiger partial charge in [0.15, 0.2) is 10.7 Å². The summed E-state index contributed by atoms with van der Waals surface area (Å²) >= 11 is 18.5. The third kappa shape index (κ3) is 5.22. The molecule has 0 aliphatic heterocycles. The highest BCUT2D eigenvalue weighted by molar-refractivity contribution is 9.10. The molecular weight excluding hydrogens is 594 g/mol. The lowest BCUT2D eigenvalue weighted by Crippen LogP contribution is -2.34. The molecule has 1 amide bonds. The number of hydrogen-bond donors (Lipinski definition) is 2. The van der Waals surface area contributed by atoms with E-state index in [4.69, 9.17) is 33.0 Å². The number of carbonyl (C=O) groups excluding carboxylic acids is 1. The Morgan fingerprint density at radius 3 is 2.67 bits per heavy atom. The van der Waals surface area contributed by atoms with Gasteiger partial charge in [0.1, 0.15) is 11.3 Å². The fourth-order valence-corrected chi connectivity index (χ4v) is 4.63. The van der Waals surface area contributed by atoms with Crippen molar-refractivity contribution in [3.05, 3.63) is 73.6 Å². The first-order valence-corrected chi connectivity index (χ1v) is 11.9. The van der Waals surface area contributed by atoms with E-state index in [0.29, 0.717) is 44.6 Å². The van der Waals surface area contributed by atoms with E-state index in [-0.39, 0.29) is 11.0 Å². The fourth-order valence-electron chi connectivity index (χ4n) is 3.28. The average molecular weight is 610 g/mol. The molecule has 6 nitrogen and oxygen atoms in total. The Labute approximate surface area is 216 Å². The predicted molar refractivity (Wildman–Crippen MR) is 141 cm³/mol. The smallest absolute Gasteiger partial charge is 0.261 e. The summed E-state index contributed by atoms with van der Waals surface area (Å²) in [5.74, 6) is 0.505. The largest absolute Gasteiger partial charge is 0.496 e. The van der Waals surface area contributed by atoms with E-state index in [0.717, 1.165) is 14.5 Å². The molecule has 0 saturated heterocycles. The van der Waals surface area contributed by atoms with Gasteiger partial charge in [0.25, 0.3) is 5.91 Å². The number of aromatic nitrogens is 1. The molecular formula is C23H16Br2ClN3O3S. The fraction of sp³-hybridized carbons (Fsp3) is 0.0870. The number of ether oxygens (including phenoxy) is 1. The van der Waals surface area contributed by atoms with Crippen LogP contribution in [-0.4, -0.2) is 23.1 Å². The number of benzene rings is 3. The summed E-state index contributed by atoms with van der Waals surface area (Å²) in [5.41, 5.74) is 3.73. The van der Waals surface area contributed by atoms with Gasteiger partial charge in [-0.2, -0.15) is 0 Å². The summed E-state index contributed by atoms with van der Waals surface area (Å²) < 4.78 is 12.9. The van der Waals surface area contributed by atoms with Crippen molar-refractivity contribution in [1.29, 1.82) is 0 Å². The molecule has 33 heavy (non-hydrogen) atoms. The Bertz CT molecular complexity index is 1410. The molecule has 10 heteroatoms. The second kappa shape index (κ2) is 9.80. The van der Waals surface area contributed by atoms with Crippen LogP contribution in [0.15, 0.2) is 61.9 Å². The first-order chi connectivity index (χ1) is 15.7. The topological polar surface area (TPSA) is 76.4 Å². The number of thiocarbonyl (C=S) groups is 1. The van der Waals surface area contributed by atoms with Gasteiger partial charge in [0.2, 0.25) is 5.89 Å². The summed E-state index contributed by atoms with van der Waals surface area (Å²) in [5, 5.41) is 6.35. The van der Waals surface area contributed by atoms with Crippen LogP contribution in [0.2, 0.25) is 5.02 Å². The Kier molecular flexibility index (Phi) is 7.04. The molecule has 3 aromatic carbocycles. The van der Waals surface area contributed by atoms with E-state index in [2.05, 4.69) is 47.5 Å². The molecule has 0 saturated carbocycles. The lowest BCUT2D eigenvalue weighted by atomic mass is 10.1. The summed E-state index contributed by atoms with van der Waals surface area (Å²) in [4.78, 5) is 17.3. The molecule has 1 aromatic heterocycles. The van der Waals surface area contributed by atoms with Crippen molar-refractivity contribution in [3.63, 3.8) is 0 Å². The van der Waals surface area contributed by atoms with E-state index in [1.807, 2.05) is 25.1 Å². The van der Waals surface area contributed by atoms with E-state index < -0.39 is 0 Å². The minimum atomic E-state index is -0.386. The minimum Gasteiger partial charge on any atom is -0.496 e. The van der Waals surface area contributed by atoms with Crippen molar-refractivity contribution < 1.29 is 13.9 Å². The molecule has 0 fully saturated rings. The maximum Gasteiger partial charge on any atom is 0.261 e. The number of nitrogens with one attached hydrogen (secondary N) is 2. The van der Waals surface area contributed by atoms with E-state index in [1.54, 1.807) is 30.3 Å². The van der Waals surface area contributed by atoms with Crippen molar-refractivity contribution in [2.45, 2.75) is 6.92 Å². The maximum atomic E-state index is 12.8. The van der Waals surface area contributed by atoms with E-state index >= 15 is 0 Å². The molecule has 0 atom stereocenters. The highest BCUT2D eigenvalue weighted by atomic mass is 79.9. The van der Waals surface area contributed by atoms with Crippen LogP contribution in [0.25, 0.3) is 22.6 Å². The van der Waals surface area contributed by atoms with Crippen LogP contribution in [0.1, 0.15) is 15.9 Å². The zero-order chi connectivity index (χ0) is 23.7. The maximum absolute atomic E-state index is 12.8. The SMILES string of the molecule is COc1c(C)cc(Br)cc1C(=O)NC(=S)Nc1ccc2oc(-c3cc(Br)ccc3Cl)nc2c1. The molecule has 0 bridgehead atoms. The van der Waals surface area contributed by atoms with Crippen molar-refractivity contribution >= 4 is 83.5 Å². The molecule has 0 spiro atoms. The monoisotopic (exact) mass is 607 g/mol. The lowest BCUT2D eigenvalue weighted by Gasteiger charge is -2.13. The highest BCUT2D eigenvalue weighted by Gasteiger charge is 2.17. The summed E-state index contributed by atoms with van der Waals surface area (Å²) in [7, 11) is 1.52. The summed E-state index contributed by atoms with van der Waals surface area (Å²) in [6.45, 7) is 1.86. The van der Waals surface area contributed by atoms with Crippen LogP contribution in [0, 0.1) is 6.92 Å². The van der Waals surface area contributed by atoms with Crippen LogP contribution in [-0.2, 0) is 0 Å². The number of oxazole rings is 1. The van der Waals surface area contributed by atoms with Crippen LogP contribution in [0.3, 0.4) is 0 Å². The summed E-state index contributed by atoms with van der Waals surface area (Å²) in [6, 6.07) is 14.3. The Morgan fingerprint density at radius 2 is 1.91 bits per heavy atom. The number of hydrogen-bond acceptors (Lipinski definition) is 5.